The van der Waals surface area contributed by atoms with Crippen LogP contribution in [-0.4, -0.2) is 44.8 Å². The molecule has 1 amide bonds. The summed E-state index contributed by atoms with van der Waals surface area (Å²) in [4.78, 5) is 24.1. The fourth-order valence-electron chi connectivity index (χ4n) is 1.99. The lowest BCUT2D eigenvalue weighted by Gasteiger charge is -2.14. The molecule has 0 saturated carbocycles. The van der Waals surface area contributed by atoms with E-state index in [1.807, 2.05) is 0 Å². The Morgan fingerprint density at radius 2 is 1.85 bits per heavy atom. The van der Waals surface area contributed by atoms with Crippen LogP contribution in [0.25, 0.3) is 0 Å². The number of hydrogen-bond donors (Lipinski definition) is 1. The first-order valence-corrected chi connectivity index (χ1v) is 9.19. The highest BCUT2D eigenvalue weighted by atomic mass is 32.2. The van der Waals surface area contributed by atoms with E-state index in [1.165, 1.54) is 51.5 Å². The zero-order valence-electron chi connectivity index (χ0n) is 14.6. The Bertz CT molecular complexity index is 857. The number of benzene rings is 1. The number of ether oxygens (including phenoxy) is 1. The molecule has 8 nitrogen and oxygen atoms in total. The molecular weight excluding hydrogens is 360 g/mol. The predicted octanol–water partition coefficient (Wildman–Crippen LogP) is 1.39. The number of amides is 1. The first kappa shape index (κ1) is 19.7. The van der Waals surface area contributed by atoms with E-state index in [9.17, 15) is 18.0 Å². The van der Waals surface area contributed by atoms with Crippen LogP contribution < -0.4 is 5.32 Å². The predicted molar refractivity (Wildman–Crippen MR) is 92.7 cm³/mol. The maximum Gasteiger partial charge on any atom is 0.338 e. The fraction of sp³-hybridized carbons (Fsp3) is 0.294. The van der Waals surface area contributed by atoms with Crippen LogP contribution in [-0.2, 0) is 26.1 Å². The van der Waals surface area contributed by atoms with Crippen molar-refractivity contribution in [2.75, 3.05) is 14.1 Å². The van der Waals surface area contributed by atoms with Crippen LogP contribution in [0, 0.1) is 0 Å². The molecule has 1 heterocycles. The van der Waals surface area contributed by atoms with Gasteiger partial charge in [-0.05, 0) is 43.3 Å². The number of rotatable bonds is 7. The van der Waals surface area contributed by atoms with Crippen molar-refractivity contribution in [2.45, 2.75) is 24.5 Å². The first-order chi connectivity index (χ1) is 12.2. The average Bonchev–Trinajstić information content (AvgIpc) is 3.13. The van der Waals surface area contributed by atoms with Gasteiger partial charge < -0.3 is 14.5 Å². The minimum absolute atomic E-state index is 0.0586. The molecule has 0 bridgehead atoms. The summed E-state index contributed by atoms with van der Waals surface area (Å²) in [6.45, 7) is 1.63. The van der Waals surface area contributed by atoms with Gasteiger partial charge in [0.25, 0.3) is 5.91 Å². The summed E-state index contributed by atoms with van der Waals surface area (Å²) in [5.74, 6) is -0.615. The number of esters is 1. The van der Waals surface area contributed by atoms with Crippen molar-refractivity contribution in [3.05, 3.63) is 54.0 Å². The maximum atomic E-state index is 12.1. The Kier molecular flexibility index (Phi) is 6.17. The van der Waals surface area contributed by atoms with E-state index in [1.54, 1.807) is 12.1 Å². The Hall–Kier alpha value is -2.65. The van der Waals surface area contributed by atoms with Crippen LogP contribution in [0.4, 0.5) is 0 Å². The van der Waals surface area contributed by atoms with Gasteiger partial charge in [-0.3, -0.25) is 4.79 Å². The van der Waals surface area contributed by atoms with Gasteiger partial charge in [-0.2, -0.15) is 0 Å². The Labute approximate surface area is 151 Å². The van der Waals surface area contributed by atoms with Crippen molar-refractivity contribution in [3.63, 3.8) is 0 Å². The van der Waals surface area contributed by atoms with Gasteiger partial charge in [0.05, 0.1) is 23.3 Å². The number of nitrogens with one attached hydrogen (secondary N) is 1. The van der Waals surface area contributed by atoms with Crippen molar-refractivity contribution in [1.82, 2.24) is 9.62 Å². The standard InChI is InChI=1S/C17H20N2O6S/c1-12(16(20)18-11-14-5-4-10-24-14)25-17(21)13-6-8-15(9-7-13)26(22,23)19(2)3/h4-10,12H,11H2,1-3H3,(H,18,20)/t12-/m0/s1. The third-order valence-electron chi connectivity index (χ3n) is 3.54. The largest absolute Gasteiger partial charge is 0.467 e. The van der Waals surface area contributed by atoms with E-state index in [2.05, 4.69) is 5.32 Å². The van der Waals surface area contributed by atoms with Crippen LogP contribution in [0.15, 0.2) is 52.0 Å². The minimum atomic E-state index is -3.58. The zero-order chi connectivity index (χ0) is 19.3. The van der Waals surface area contributed by atoms with E-state index in [-0.39, 0.29) is 17.0 Å². The van der Waals surface area contributed by atoms with Crippen LogP contribution in [0.5, 0.6) is 0 Å². The monoisotopic (exact) mass is 380 g/mol. The molecule has 9 heteroatoms. The fourth-order valence-corrected chi connectivity index (χ4v) is 2.89. The van der Waals surface area contributed by atoms with Crippen molar-refractivity contribution in [2.24, 2.45) is 0 Å². The van der Waals surface area contributed by atoms with Crippen LogP contribution >= 0.6 is 0 Å². The summed E-state index contributed by atoms with van der Waals surface area (Å²) in [6, 6.07) is 8.71. The molecule has 2 rings (SSSR count). The Morgan fingerprint density at radius 3 is 2.38 bits per heavy atom. The summed E-state index contributed by atoms with van der Waals surface area (Å²) in [6.07, 6.45) is 0.480. The highest BCUT2D eigenvalue weighted by molar-refractivity contribution is 7.89. The zero-order valence-corrected chi connectivity index (χ0v) is 15.4. The van der Waals surface area contributed by atoms with Gasteiger partial charge in [0.2, 0.25) is 10.0 Å². The molecule has 1 aromatic heterocycles. The molecule has 0 aliphatic rings. The Morgan fingerprint density at radius 1 is 1.19 bits per heavy atom. The number of carbonyl (C=O) groups is 2. The van der Waals surface area contributed by atoms with Gasteiger partial charge in [0.15, 0.2) is 6.10 Å². The van der Waals surface area contributed by atoms with Crippen molar-refractivity contribution >= 4 is 21.9 Å². The van der Waals surface area contributed by atoms with Gasteiger partial charge >= 0.3 is 5.97 Å². The lowest BCUT2D eigenvalue weighted by Crippen LogP contribution is -2.35. The smallest absolute Gasteiger partial charge is 0.338 e. The summed E-state index contributed by atoms with van der Waals surface area (Å²) >= 11 is 0. The van der Waals surface area contributed by atoms with E-state index in [4.69, 9.17) is 9.15 Å². The molecule has 0 spiro atoms. The molecule has 0 fully saturated rings. The number of hydrogen-bond acceptors (Lipinski definition) is 6. The van der Waals surface area contributed by atoms with Crippen molar-refractivity contribution in [1.29, 1.82) is 0 Å². The lowest BCUT2D eigenvalue weighted by atomic mass is 10.2. The molecule has 0 saturated heterocycles. The van der Waals surface area contributed by atoms with E-state index in [0.717, 1.165) is 4.31 Å². The molecule has 0 aliphatic carbocycles. The quantitative estimate of drug-likeness (QED) is 0.728. The molecule has 0 unspecified atom stereocenters. The van der Waals surface area contributed by atoms with Gasteiger partial charge in [-0.25, -0.2) is 17.5 Å². The molecule has 140 valence electrons. The van der Waals surface area contributed by atoms with Gasteiger partial charge in [0.1, 0.15) is 5.76 Å². The van der Waals surface area contributed by atoms with E-state index < -0.39 is 28.0 Å². The summed E-state index contributed by atoms with van der Waals surface area (Å²) in [7, 11) is -0.742. The Balaban J connectivity index is 1.95. The van der Waals surface area contributed by atoms with Crippen LogP contribution in [0.1, 0.15) is 23.0 Å². The van der Waals surface area contributed by atoms with Crippen molar-refractivity contribution in [3.8, 4) is 0 Å². The minimum Gasteiger partial charge on any atom is -0.467 e. The molecule has 26 heavy (non-hydrogen) atoms. The first-order valence-electron chi connectivity index (χ1n) is 7.75. The SMILES string of the molecule is C[C@H](OC(=O)c1ccc(S(=O)(=O)N(C)C)cc1)C(=O)NCc1ccco1. The topological polar surface area (TPSA) is 106 Å². The van der Waals surface area contributed by atoms with Gasteiger partial charge in [-0.1, -0.05) is 0 Å². The molecule has 1 atom stereocenters. The van der Waals surface area contributed by atoms with E-state index >= 15 is 0 Å². The summed E-state index contributed by atoms with van der Waals surface area (Å²) in [5.41, 5.74) is 0.147. The highest BCUT2D eigenvalue weighted by Gasteiger charge is 2.21. The third-order valence-corrected chi connectivity index (χ3v) is 5.37. The molecule has 0 radical (unpaired) electrons. The van der Waals surface area contributed by atoms with E-state index in [0.29, 0.717) is 5.76 Å². The van der Waals surface area contributed by atoms with Gasteiger partial charge in [0, 0.05) is 14.1 Å². The molecular formula is C17H20N2O6S. The molecule has 2 aromatic rings. The average molecular weight is 380 g/mol. The van der Waals surface area contributed by atoms with Gasteiger partial charge in [-0.15, -0.1) is 0 Å². The highest BCUT2D eigenvalue weighted by Crippen LogP contribution is 2.15. The lowest BCUT2D eigenvalue weighted by molar-refractivity contribution is -0.129. The molecule has 0 aliphatic heterocycles. The van der Waals surface area contributed by atoms with Crippen molar-refractivity contribution < 1.29 is 27.2 Å². The summed E-state index contributed by atoms with van der Waals surface area (Å²) in [5, 5.41) is 2.59. The second-order valence-electron chi connectivity index (χ2n) is 5.66. The van der Waals surface area contributed by atoms with Crippen LogP contribution in [0.3, 0.4) is 0 Å². The number of sulfonamides is 1. The number of nitrogens with zero attached hydrogens (tertiary/aromatic N) is 1. The normalized spacial score (nSPS) is 12.6. The number of carbonyl (C=O) groups excluding carboxylic acids is 2. The number of furan rings is 1. The second-order valence-corrected chi connectivity index (χ2v) is 7.81. The molecule has 1 aromatic carbocycles. The third kappa shape index (κ3) is 4.70. The second kappa shape index (κ2) is 8.15. The maximum absolute atomic E-state index is 12.1. The summed E-state index contributed by atoms with van der Waals surface area (Å²) < 4.78 is 35.3. The van der Waals surface area contributed by atoms with Crippen LogP contribution in [0.2, 0.25) is 0 Å². The molecule has 1 N–H and O–H groups in total.